The van der Waals surface area contributed by atoms with Gasteiger partial charge >= 0.3 is 12.2 Å². The summed E-state index contributed by atoms with van der Waals surface area (Å²) in [5.41, 5.74) is 4.06. The van der Waals surface area contributed by atoms with E-state index < -0.39 is 23.6 Å². The summed E-state index contributed by atoms with van der Waals surface area (Å²) in [5.74, 6) is -0.736. The Morgan fingerprint density at radius 2 is 1.90 bits per heavy atom. The molecule has 1 heterocycles. The third-order valence-corrected chi connectivity index (χ3v) is 3.46. The first-order valence-electron chi connectivity index (χ1n) is 6.45. The van der Waals surface area contributed by atoms with Crippen LogP contribution in [0.4, 0.5) is 28.0 Å². The number of halogens is 4. The van der Waals surface area contributed by atoms with Crippen molar-refractivity contribution in [2.45, 2.75) is 25.1 Å². The largest absolute Gasteiger partial charge is 0.416 e. The second-order valence-electron chi connectivity index (χ2n) is 4.94. The number of carbonyl (C=O) groups excluding carboxylic acids is 1. The van der Waals surface area contributed by atoms with E-state index in [-0.39, 0.29) is 11.7 Å². The standard InChI is InChI=1S/C13H15F4N3O/c14-10-2-1-8(13(15,16)17)7-11(10)19-9-3-5-20(6-4-9)12(18)21/h1-2,7,9,19H,3-6H2,(H2,18,21). The Morgan fingerprint density at radius 3 is 2.43 bits per heavy atom. The Balaban J connectivity index is 2.05. The van der Waals surface area contributed by atoms with Crippen molar-refractivity contribution in [3.05, 3.63) is 29.6 Å². The fraction of sp³-hybridized carbons (Fsp3) is 0.462. The zero-order valence-corrected chi connectivity index (χ0v) is 11.1. The summed E-state index contributed by atoms with van der Waals surface area (Å²) in [6, 6.07) is 1.53. The Labute approximate surface area is 118 Å². The van der Waals surface area contributed by atoms with Crippen molar-refractivity contribution < 1.29 is 22.4 Å². The minimum absolute atomic E-state index is 0.178. The molecule has 1 aliphatic rings. The highest BCUT2D eigenvalue weighted by molar-refractivity contribution is 5.72. The first-order valence-corrected chi connectivity index (χ1v) is 6.45. The average Bonchev–Trinajstić information content (AvgIpc) is 2.40. The molecule has 8 heteroatoms. The van der Waals surface area contributed by atoms with Crippen molar-refractivity contribution in [2.24, 2.45) is 5.73 Å². The summed E-state index contributed by atoms with van der Waals surface area (Å²) >= 11 is 0. The number of nitrogens with two attached hydrogens (primary N) is 1. The highest BCUT2D eigenvalue weighted by Crippen LogP contribution is 2.32. The van der Waals surface area contributed by atoms with Crippen LogP contribution in [0.5, 0.6) is 0 Å². The van der Waals surface area contributed by atoms with E-state index in [0.29, 0.717) is 32.0 Å². The van der Waals surface area contributed by atoms with E-state index in [1.165, 1.54) is 4.90 Å². The number of hydrogen-bond donors (Lipinski definition) is 2. The van der Waals surface area contributed by atoms with Crippen LogP contribution in [0.25, 0.3) is 0 Å². The quantitative estimate of drug-likeness (QED) is 0.826. The number of alkyl halides is 3. The predicted octanol–water partition coefficient (Wildman–Crippen LogP) is 2.80. The molecule has 0 radical (unpaired) electrons. The van der Waals surface area contributed by atoms with E-state index in [1.807, 2.05) is 0 Å². The van der Waals surface area contributed by atoms with Gasteiger partial charge in [0.1, 0.15) is 5.82 Å². The third kappa shape index (κ3) is 3.77. The average molecular weight is 305 g/mol. The predicted molar refractivity (Wildman–Crippen MR) is 69.2 cm³/mol. The number of benzene rings is 1. The normalized spacial score (nSPS) is 16.9. The Bertz CT molecular complexity index is 525. The maximum Gasteiger partial charge on any atom is 0.416 e. The molecule has 4 nitrogen and oxygen atoms in total. The van der Waals surface area contributed by atoms with Gasteiger partial charge < -0.3 is 16.0 Å². The summed E-state index contributed by atoms with van der Waals surface area (Å²) in [4.78, 5) is 12.4. The van der Waals surface area contributed by atoms with E-state index in [1.54, 1.807) is 0 Å². The lowest BCUT2D eigenvalue weighted by molar-refractivity contribution is -0.137. The maximum atomic E-state index is 13.6. The van der Waals surface area contributed by atoms with Crippen LogP contribution in [0.2, 0.25) is 0 Å². The summed E-state index contributed by atoms with van der Waals surface area (Å²) in [5, 5.41) is 2.77. The van der Waals surface area contributed by atoms with Crippen LogP contribution in [-0.2, 0) is 6.18 Å². The van der Waals surface area contributed by atoms with Crippen LogP contribution in [0.15, 0.2) is 18.2 Å². The SMILES string of the molecule is NC(=O)N1CCC(Nc2cc(C(F)(F)F)ccc2F)CC1. The number of rotatable bonds is 2. The van der Waals surface area contributed by atoms with Crippen molar-refractivity contribution >= 4 is 11.7 Å². The number of amides is 2. The Hall–Kier alpha value is -1.99. The lowest BCUT2D eigenvalue weighted by atomic mass is 10.0. The second kappa shape index (κ2) is 5.79. The molecule has 0 bridgehead atoms. The molecule has 1 aliphatic heterocycles. The number of anilines is 1. The molecule has 0 saturated carbocycles. The van der Waals surface area contributed by atoms with E-state index >= 15 is 0 Å². The van der Waals surface area contributed by atoms with Crippen molar-refractivity contribution in [1.29, 1.82) is 0 Å². The molecule has 2 amide bonds. The molecule has 0 aliphatic carbocycles. The fourth-order valence-corrected chi connectivity index (χ4v) is 2.28. The number of nitrogens with zero attached hydrogens (tertiary/aromatic N) is 1. The number of piperidine rings is 1. The van der Waals surface area contributed by atoms with Crippen molar-refractivity contribution in [3.63, 3.8) is 0 Å². The number of hydrogen-bond acceptors (Lipinski definition) is 2. The van der Waals surface area contributed by atoms with Gasteiger partial charge in [-0.25, -0.2) is 9.18 Å². The molecular weight excluding hydrogens is 290 g/mol. The topological polar surface area (TPSA) is 58.4 Å². The van der Waals surface area contributed by atoms with Gasteiger partial charge in [-0.15, -0.1) is 0 Å². The molecule has 0 aromatic heterocycles. The molecule has 0 atom stereocenters. The van der Waals surface area contributed by atoms with E-state index in [9.17, 15) is 22.4 Å². The first-order chi connectivity index (χ1) is 9.77. The van der Waals surface area contributed by atoms with Crippen LogP contribution >= 0.6 is 0 Å². The van der Waals surface area contributed by atoms with Gasteiger partial charge in [0.05, 0.1) is 11.3 Å². The Kier molecular flexibility index (Phi) is 4.24. The van der Waals surface area contributed by atoms with Gasteiger partial charge in [0, 0.05) is 19.1 Å². The van der Waals surface area contributed by atoms with Gasteiger partial charge in [-0.05, 0) is 31.0 Å². The zero-order chi connectivity index (χ0) is 15.6. The van der Waals surface area contributed by atoms with Crippen LogP contribution < -0.4 is 11.1 Å². The molecule has 116 valence electrons. The highest BCUT2D eigenvalue weighted by Gasteiger charge is 2.31. The van der Waals surface area contributed by atoms with Gasteiger partial charge in [0.15, 0.2) is 0 Å². The molecule has 1 fully saturated rings. The smallest absolute Gasteiger partial charge is 0.380 e. The van der Waals surface area contributed by atoms with Crippen LogP contribution in [0, 0.1) is 5.82 Å². The molecule has 0 unspecified atom stereocenters. The lowest BCUT2D eigenvalue weighted by Crippen LogP contribution is -2.44. The van der Waals surface area contributed by atoms with Gasteiger partial charge in [-0.3, -0.25) is 0 Å². The van der Waals surface area contributed by atoms with Gasteiger partial charge in [-0.2, -0.15) is 13.2 Å². The van der Waals surface area contributed by atoms with E-state index in [4.69, 9.17) is 5.73 Å². The van der Waals surface area contributed by atoms with Crippen molar-refractivity contribution in [3.8, 4) is 0 Å². The molecule has 0 spiro atoms. The molecule has 2 rings (SSSR count). The van der Waals surface area contributed by atoms with Crippen LogP contribution in [0.1, 0.15) is 18.4 Å². The molecule has 1 aromatic carbocycles. The molecular formula is C13H15F4N3O. The van der Waals surface area contributed by atoms with Gasteiger partial charge in [0.2, 0.25) is 0 Å². The van der Waals surface area contributed by atoms with Crippen molar-refractivity contribution in [1.82, 2.24) is 4.90 Å². The van der Waals surface area contributed by atoms with Crippen LogP contribution in [0.3, 0.4) is 0 Å². The number of urea groups is 1. The summed E-state index contributed by atoms with van der Waals surface area (Å²) < 4.78 is 51.4. The number of primary amides is 1. The van der Waals surface area contributed by atoms with Crippen molar-refractivity contribution in [2.75, 3.05) is 18.4 Å². The molecule has 3 N–H and O–H groups in total. The Morgan fingerprint density at radius 1 is 1.29 bits per heavy atom. The monoisotopic (exact) mass is 305 g/mol. The third-order valence-electron chi connectivity index (χ3n) is 3.46. The minimum Gasteiger partial charge on any atom is -0.380 e. The number of likely N-dealkylation sites (tertiary alicyclic amines) is 1. The molecule has 1 aromatic rings. The summed E-state index contributed by atoms with van der Waals surface area (Å²) in [7, 11) is 0. The number of carbonyl (C=O) groups is 1. The van der Waals surface area contributed by atoms with Gasteiger partial charge in [0.25, 0.3) is 0 Å². The summed E-state index contributed by atoms with van der Waals surface area (Å²) in [6.45, 7) is 0.793. The zero-order valence-electron chi connectivity index (χ0n) is 11.1. The van der Waals surface area contributed by atoms with Gasteiger partial charge in [-0.1, -0.05) is 0 Å². The molecule has 1 saturated heterocycles. The van der Waals surface area contributed by atoms with E-state index in [2.05, 4.69) is 5.32 Å². The highest BCUT2D eigenvalue weighted by atomic mass is 19.4. The maximum absolute atomic E-state index is 13.6. The number of nitrogens with one attached hydrogen (secondary N) is 1. The first kappa shape index (κ1) is 15.4. The van der Waals surface area contributed by atoms with E-state index in [0.717, 1.165) is 12.1 Å². The molecule has 21 heavy (non-hydrogen) atoms. The van der Waals surface area contributed by atoms with Crippen LogP contribution in [-0.4, -0.2) is 30.1 Å². The second-order valence-corrected chi connectivity index (χ2v) is 4.94. The fourth-order valence-electron chi connectivity index (χ4n) is 2.28. The summed E-state index contributed by atoms with van der Waals surface area (Å²) in [6.07, 6.45) is -3.52. The minimum atomic E-state index is -4.51. The lowest BCUT2D eigenvalue weighted by Gasteiger charge is -2.31.